The van der Waals surface area contributed by atoms with Crippen LogP contribution in [0.5, 0.6) is 17.2 Å². The number of amides is 1. The Balaban J connectivity index is 2.10. The number of carbonyl (C=O) groups excluding carboxylic acids is 1. The van der Waals surface area contributed by atoms with Crippen molar-refractivity contribution in [1.82, 2.24) is 5.43 Å². The molecule has 0 aliphatic rings. The first-order valence-corrected chi connectivity index (χ1v) is 7.08. The highest BCUT2D eigenvalue weighted by Gasteiger charge is 2.10. The summed E-state index contributed by atoms with van der Waals surface area (Å²) in [4.78, 5) is 12.1. The van der Waals surface area contributed by atoms with Crippen molar-refractivity contribution < 1.29 is 19.4 Å². The molecular weight excluding hydrogens is 296 g/mol. The molecule has 120 valence electrons. The summed E-state index contributed by atoms with van der Waals surface area (Å²) in [5.41, 5.74) is 3.23. The number of nitrogens with zero attached hydrogens (tertiary/aromatic N) is 1. The highest BCUT2D eigenvalue weighted by Crippen LogP contribution is 2.21. The van der Waals surface area contributed by atoms with Gasteiger partial charge in [0, 0.05) is 5.56 Å². The molecule has 23 heavy (non-hydrogen) atoms. The second kappa shape index (κ2) is 7.84. The molecule has 0 saturated carbocycles. The van der Waals surface area contributed by atoms with E-state index in [0.717, 1.165) is 0 Å². The second-order valence-corrected chi connectivity index (χ2v) is 4.55. The van der Waals surface area contributed by atoms with Crippen LogP contribution in [0.25, 0.3) is 0 Å². The lowest BCUT2D eigenvalue weighted by Crippen LogP contribution is -2.18. The van der Waals surface area contributed by atoms with Crippen molar-refractivity contribution in [3.8, 4) is 17.2 Å². The predicted molar refractivity (Wildman–Crippen MR) is 87.3 cm³/mol. The molecule has 0 spiro atoms. The number of carbonyl (C=O) groups is 1. The van der Waals surface area contributed by atoms with Gasteiger partial charge in [0.1, 0.15) is 17.2 Å². The number of nitrogens with one attached hydrogen (secondary N) is 1. The van der Waals surface area contributed by atoms with E-state index in [1.807, 2.05) is 6.92 Å². The molecule has 6 heteroatoms. The number of aromatic hydroxyl groups is 1. The maximum Gasteiger partial charge on any atom is 0.275 e. The monoisotopic (exact) mass is 314 g/mol. The van der Waals surface area contributed by atoms with Gasteiger partial charge in [0.2, 0.25) is 0 Å². The fourth-order valence-corrected chi connectivity index (χ4v) is 1.92. The van der Waals surface area contributed by atoms with Crippen molar-refractivity contribution in [1.29, 1.82) is 0 Å². The molecule has 0 fully saturated rings. The van der Waals surface area contributed by atoms with E-state index in [4.69, 9.17) is 9.47 Å². The van der Waals surface area contributed by atoms with Gasteiger partial charge in [-0.05, 0) is 37.3 Å². The van der Waals surface area contributed by atoms with Gasteiger partial charge in [-0.2, -0.15) is 5.10 Å². The second-order valence-electron chi connectivity index (χ2n) is 4.55. The minimum absolute atomic E-state index is 0.0403. The predicted octanol–water partition coefficient (Wildman–Crippen LogP) is 2.56. The number of methoxy groups -OCH3 is 1. The third-order valence-electron chi connectivity index (χ3n) is 3.04. The van der Waals surface area contributed by atoms with Crippen LogP contribution in [0, 0.1) is 0 Å². The van der Waals surface area contributed by atoms with Gasteiger partial charge in [0.05, 0.1) is 25.5 Å². The third-order valence-corrected chi connectivity index (χ3v) is 3.04. The molecule has 2 aromatic rings. The zero-order valence-corrected chi connectivity index (χ0v) is 12.9. The molecule has 0 radical (unpaired) electrons. The van der Waals surface area contributed by atoms with Gasteiger partial charge in [0.25, 0.3) is 5.91 Å². The largest absolute Gasteiger partial charge is 0.507 e. The van der Waals surface area contributed by atoms with Gasteiger partial charge >= 0.3 is 0 Å². The molecule has 1 amide bonds. The lowest BCUT2D eigenvalue weighted by atomic mass is 10.2. The zero-order valence-electron chi connectivity index (χ0n) is 12.9. The number of hydrazone groups is 1. The fourth-order valence-electron chi connectivity index (χ4n) is 1.92. The maximum absolute atomic E-state index is 12.1. The van der Waals surface area contributed by atoms with E-state index in [-0.39, 0.29) is 5.75 Å². The number of rotatable bonds is 6. The Morgan fingerprint density at radius 2 is 2.09 bits per heavy atom. The van der Waals surface area contributed by atoms with Crippen LogP contribution in [0.2, 0.25) is 0 Å². The molecular formula is C17H18N2O4. The van der Waals surface area contributed by atoms with Crippen molar-refractivity contribution in [3.05, 3.63) is 53.6 Å². The third kappa shape index (κ3) is 4.23. The molecule has 0 unspecified atom stereocenters. The van der Waals surface area contributed by atoms with Crippen molar-refractivity contribution in [2.45, 2.75) is 6.92 Å². The van der Waals surface area contributed by atoms with Crippen molar-refractivity contribution >= 4 is 12.1 Å². The molecule has 0 aliphatic heterocycles. The quantitative estimate of drug-likeness (QED) is 0.634. The zero-order chi connectivity index (χ0) is 16.7. The lowest BCUT2D eigenvalue weighted by molar-refractivity contribution is 0.0951. The van der Waals surface area contributed by atoms with E-state index >= 15 is 0 Å². The highest BCUT2D eigenvalue weighted by molar-refractivity contribution is 5.97. The number of benzene rings is 2. The highest BCUT2D eigenvalue weighted by atomic mass is 16.5. The molecule has 0 bridgehead atoms. The van der Waals surface area contributed by atoms with E-state index in [1.54, 1.807) is 36.4 Å². The first-order chi connectivity index (χ1) is 11.2. The van der Waals surface area contributed by atoms with E-state index in [2.05, 4.69) is 10.5 Å². The van der Waals surface area contributed by atoms with Gasteiger partial charge in [-0.15, -0.1) is 0 Å². The summed E-state index contributed by atoms with van der Waals surface area (Å²) in [5.74, 6) is 0.718. The molecule has 2 N–H and O–H groups in total. The summed E-state index contributed by atoms with van der Waals surface area (Å²) < 4.78 is 10.5. The summed E-state index contributed by atoms with van der Waals surface area (Å²) >= 11 is 0. The van der Waals surface area contributed by atoms with Gasteiger partial charge in [-0.1, -0.05) is 12.1 Å². The molecule has 0 heterocycles. The Morgan fingerprint density at radius 1 is 1.30 bits per heavy atom. The van der Waals surface area contributed by atoms with Gasteiger partial charge < -0.3 is 14.6 Å². The average molecular weight is 314 g/mol. The SMILES string of the molecule is CCOc1ccccc1C(=O)N/N=C/c1cc(OC)ccc1O. The number of phenolic OH excluding ortho intramolecular Hbond substituents is 1. The van der Waals surface area contributed by atoms with Gasteiger partial charge in [0.15, 0.2) is 0 Å². The number of ether oxygens (including phenoxy) is 2. The fraction of sp³-hybridized carbons (Fsp3) is 0.176. The summed E-state index contributed by atoms with van der Waals surface area (Å²) in [6, 6.07) is 11.6. The van der Waals surface area contributed by atoms with E-state index < -0.39 is 5.91 Å². The minimum atomic E-state index is -0.396. The van der Waals surface area contributed by atoms with Crippen LogP contribution >= 0.6 is 0 Å². The van der Waals surface area contributed by atoms with E-state index in [9.17, 15) is 9.90 Å². The van der Waals surface area contributed by atoms with Crippen LogP contribution in [0.15, 0.2) is 47.6 Å². The molecule has 0 atom stereocenters. The number of hydrogen-bond acceptors (Lipinski definition) is 5. The average Bonchev–Trinajstić information content (AvgIpc) is 2.57. The number of para-hydroxylation sites is 1. The Labute approximate surface area is 134 Å². The molecule has 0 saturated heterocycles. The van der Waals surface area contributed by atoms with Crippen LogP contribution in [0.3, 0.4) is 0 Å². The summed E-state index contributed by atoms with van der Waals surface area (Å²) in [5, 5.41) is 13.6. The minimum Gasteiger partial charge on any atom is -0.507 e. The lowest BCUT2D eigenvalue weighted by Gasteiger charge is -2.08. The number of phenols is 1. The molecule has 0 aliphatic carbocycles. The van der Waals surface area contributed by atoms with Gasteiger partial charge in [-0.3, -0.25) is 4.79 Å². The topological polar surface area (TPSA) is 80.2 Å². The summed E-state index contributed by atoms with van der Waals surface area (Å²) in [6.07, 6.45) is 1.35. The van der Waals surface area contributed by atoms with Gasteiger partial charge in [-0.25, -0.2) is 5.43 Å². The van der Waals surface area contributed by atoms with E-state index in [1.165, 1.54) is 19.4 Å². The van der Waals surface area contributed by atoms with Crippen LogP contribution in [-0.2, 0) is 0 Å². The molecule has 6 nitrogen and oxygen atoms in total. The summed E-state index contributed by atoms with van der Waals surface area (Å²) in [7, 11) is 1.53. The maximum atomic E-state index is 12.1. The first-order valence-electron chi connectivity index (χ1n) is 7.08. The Morgan fingerprint density at radius 3 is 2.83 bits per heavy atom. The van der Waals surface area contributed by atoms with Crippen molar-refractivity contribution in [2.75, 3.05) is 13.7 Å². The van der Waals surface area contributed by atoms with Crippen LogP contribution in [-0.4, -0.2) is 30.9 Å². The van der Waals surface area contributed by atoms with Crippen LogP contribution in [0.4, 0.5) is 0 Å². The van der Waals surface area contributed by atoms with Crippen molar-refractivity contribution in [3.63, 3.8) is 0 Å². The Kier molecular flexibility index (Phi) is 5.57. The molecule has 2 aromatic carbocycles. The van der Waals surface area contributed by atoms with Crippen LogP contribution in [0.1, 0.15) is 22.8 Å². The summed E-state index contributed by atoms with van der Waals surface area (Å²) in [6.45, 7) is 2.31. The van der Waals surface area contributed by atoms with Crippen LogP contribution < -0.4 is 14.9 Å². The number of hydrogen-bond donors (Lipinski definition) is 2. The molecule has 2 rings (SSSR count). The standard InChI is InChI=1S/C17H18N2O4/c1-3-23-16-7-5-4-6-14(16)17(21)19-18-11-12-10-13(22-2)8-9-15(12)20/h4-11,20H,3H2,1-2H3,(H,19,21)/b18-11+. The molecule has 0 aromatic heterocycles. The normalized spacial score (nSPS) is 10.5. The first kappa shape index (κ1) is 16.4. The smallest absolute Gasteiger partial charge is 0.275 e. The van der Waals surface area contributed by atoms with Crippen molar-refractivity contribution in [2.24, 2.45) is 5.10 Å². The Hall–Kier alpha value is -3.02. The van der Waals surface area contributed by atoms with E-state index in [0.29, 0.717) is 29.2 Å². The Bertz CT molecular complexity index is 713.